The molecule has 0 aliphatic heterocycles. The van der Waals surface area contributed by atoms with Crippen LogP contribution in [0.4, 0.5) is 11.5 Å². The number of nitrogens with one attached hydrogen (secondary N) is 1. The number of nitriles is 1. The minimum atomic E-state index is -3.40. The lowest BCUT2D eigenvalue weighted by Gasteiger charge is -2.12. The Morgan fingerprint density at radius 1 is 1.11 bits per heavy atom. The topological polar surface area (TPSA) is 109 Å². The first kappa shape index (κ1) is 18.9. The van der Waals surface area contributed by atoms with E-state index in [-0.39, 0.29) is 11.4 Å². The van der Waals surface area contributed by atoms with E-state index in [0.717, 1.165) is 16.3 Å². The summed E-state index contributed by atoms with van der Waals surface area (Å²) in [4.78, 5) is 4.33. The van der Waals surface area contributed by atoms with Gasteiger partial charge in [0, 0.05) is 21.3 Å². The van der Waals surface area contributed by atoms with Gasteiger partial charge in [-0.2, -0.15) is 5.26 Å². The number of nitrogens with zero attached hydrogens (tertiary/aromatic N) is 2. The highest BCUT2D eigenvalue weighted by molar-refractivity contribution is 9.10. The van der Waals surface area contributed by atoms with Gasteiger partial charge >= 0.3 is 0 Å². The molecule has 1 heterocycles. The minimum absolute atomic E-state index is 0.113. The van der Waals surface area contributed by atoms with E-state index in [9.17, 15) is 13.7 Å². The Morgan fingerprint density at radius 3 is 2.52 bits per heavy atom. The Morgan fingerprint density at radius 2 is 1.85 bits per heavy atom. The van der Waals surface area contributed by atoms with E-state index in [0.29, 0.717) is 22.5 Å². The molecule has 1 aromatic heterocycles. The zero-order valence-corrected chi connectivity index (χ0v) is 16.7. The van der Waals surface area contributed by atoms with E-state index in [1.54, 1.807) is 30.3 Å². The molecule has 8 heteroatoms. The smallest absolute Gasteiger partial charge is 0.229 e. The first-order valence-corrected chi connectivity index (χ1v) is 10.5. The summed E-state index contributed by atoms with van der Waals surface area (Å²) >= 11 is 3.50. The van der Waals surface area contributed by atoms with Crippen LogP contribution >= 0.6 is 15.9 Å². The number of pyridine rings is 1. The predicted molar refractivity (Wildman–Crippen MR) is 110 cm³/mol. The fraction of sp³-hybridized carbons (Fsp3) is 0.0526. The van der Waals surface area contributed by atoms with Gasteiger partial charge in [-0.1, -0.05) is 46.3 Å². The Hall–Kier alpha value is -2.89. The van der Waals surface area contributed by atoms with Gasteiger partial charge in [0.15, 0.2) is 0 Å². The Bertz CT molecular complexity index is 1170. The van der Waals surface area contributed by atoms with Gasteiger partial charge < -0.3 is 5.73 Å². The van der Waals surface area contributed by atoms with Gasteiger partial charge in [-0.3, -0.25) is 4.72 Å². The maximum atomic E-state index is 11.5. The number of rotatable bonds is 4. The number of hydrogen-bond acceptors (Lipinski definition) is 5. The highest BCUT2D eigenvalue weighted by atomic mass is 79.9. The summed E-state index contributed by atoms with van der Waals surface area (Å²) in [6.07, 6.45) is 1.09. The third-order valence-corrected chi connectivity index (χ3v) is 5.08. The van der Waals surface area contributed by atoms with E-state index in [1.165, 1.54) is 0 Å². The van der Waals surface area contributed by atoms with E-state index in [4.69, 9.17) is 5.73 Å². The van der Waals surface area contributed by atoms with Crippen molar-refractivity contribution in [2.45, 2.75) is 0 Å². The van der Waals surface area contributed by atoms with Crippen molar-refractivity contribution < 1.29 is 8.42 Å². The second-order valence-electron chi connectivity index (χ2n) is 5.86. The quantitative estimate of drug-likeness (QED) is 0.634. The lowest BCUT2D eigenvalue weighted by atomic mass is 9.98. The molecule has 0 fully saturated rings. The van der Waals surface area contributed by atoms with Gasteiger partial charge in [-0.05, 0) is 29.8 Å². The maximum absolute atomic E-state index is 11.5. The van der Waals surface area contributed by atoms with Crippen molar-refractivity contribution in [3.05, 3.63) is 64.6 Å². The molecule has 0 spiro atoms. The molecule has 27 heavy (non-hydrogen) atoms. The van der Waals surface area contributed by atoms with Crippen LogP contribution in [-0.4, -0.2) is 19.7 Å². The van der Waals surface area contributed by atoms with Gasteiger partial charge in [0.2, 0.25) is 10.0 Å². The van der Waals surface area contributed by atoms with Gasteiger partial charge in [0.05, 0.1) is 11.9 Å². The van der Waals surface area contributed by atoms with Crippen LogP contribution in [-0.2, 0) is 10.0 Å². The second-order valence-corrected chi connectivity index (χ2v) is 8.46. The van der Waals surface area contributed by atoms with Crippen molar-refractivity contribution in [1.82, 2.24) is 4.98 Å². The lowest BCUT2D eigenvalue weighted by molar-refractivity contribution is 0.607. The van der Waals surface area contributed by atoms with E-state index in [1.807, 2.05) is 24.3 Å². The average molecular weight is 443 g/mol. The molecule has 3 rings (SSSR count). The molecule has 0 radical (unpaired) electrons. The number of nitrogens with two attached hydrogens (primary N) is 1. The van der Waals surface area contributed by atoms with Crippen LogP contribution in [0.2, 0.25) is 0 Å². The van der Waals surface area contributed by atoms with Gasteiger partial charge in [-0.15, -0.1) is 0 Å². The monoisotopic (exact) mass is 442 g/mol. The van der Waals surface area contributed by atoms with Crippen LogP contribution in [0.1, 0.15) is 5.56 Å². The first-order chi connectivity index (χ1) is 12.8. The Kier molecular flexibility index (Phi) is 5.17. The summed E-state index contributed by atoms with van der Waals surface area (Å²) in [6, 6.07) is 18.2. The van der Waals surface area contributed by atoms with Crippen molar-refractivity contribution in [2.75, 3.05) is 16.7 Å². The molecule has 0 saturated heterocycles. The van der Waals surface area contributed by atoms with Crippen molar-refractivity contribution in [3.63, 3.8) is 0 Å². The molecule has 0 bridgehead atoms. The Labute approximate surface area is 165 Å². The van der Waals surface area contributed by atoms with E-state index < -0.39 is 10.0 Å². The fourth-order valence-electron chi connectivity index (χ4n) is 2.68. The molecular weight excluding hydrogens is 428 g/mol. The van der Waals surface area contributed by atoms with E-state index >= 15 is 0 Å². The van der Waals surface area contributed by atoms with Crippen molar-refractivity contribution in [3.8, 4) is 28.5 Å². The van der Waals surface area contributed by atoms with Crippen LogP contribution in [0.5, 0.6) is 0 Å². The molecule has 0 saturated carbocycles. The number of aromatic nitrogens is 1. The molecule has 0 unspecified atom stereocenters. The third kappa shape index (κ3) is 4.27. The molecule has 3 aromatic rings. The van der Waals surface area contributed by atoms with E-state index in [2.05, 4.69) is 31.7 Å². The summed E-state index contributed by atoms with van der Waals surface area (Å²) < 4.78 is 26.2. The standard InChI is InChI=1S/C19H15BrN4O2S/c1-27(25,26)24-13-6-4-5-12(9-13)18-10-15(16(11-21)19(22)23-18)14-7-2-3-8-17(14)20/h2-10,24H,1H3,(H2,22,23). The van der Waals surface area contributed by atoms with Crippen molar-refractivity contribution in [2.24, 2.45) is 0 Å². The number of hydrogen-bond donors (Lipinski definition) is 2. The summed E-state index contributed by atoms with van der Waals surface area (Å²) in [5, 5.41) is 9.52. The summed E-state index contributed by atoms with van der Waals surface area (Å²) in [5.74, 6) is 0.113. The third-order valence-electron chi connectivity index (χ3n) is 3.78. The molecule has 0 amide bonds. The fourth-order valence-corrected chi connectivity index (χ4v) is 3.73. The number of benzene rings is 2. The molecule has 2 aromatic carbocycles. The molecule has 136 valence electrons. The molecule has 0 aliphatic carbocycles. The van der Waals surface area contributed by atoms with Crippen LogP contribution in [0.25, 0.3) is 22.4 Å². The summed E-state index contributed by atoms with van der Waals surface area (Å²) in [5.41, 5.74) is 9.42. The first-order valence-electron chi connectivity index (χ1n) is 7.82. The van der Waals surface area contributed by atoms with Gasteiger partial charge in [-0.25, -0.2) is 13.4 Å². The summed E-state index contributed by atoms with van der Waals surface area (Å²) in [7, 11) is -3.40. The number of halogens is 1. The van der Waals surface area contributed by atoms with Crippen LogP contribution < -0.4 is 10.5 Å². The lowest BCUT2D eigenvalue weighted by Crippen LogP contribution is -2.09. The highest BCUT2D eigenvalue weighted by Crippen LogP contribution is 2.35. The number of nitrogen functional groups attached to an aromatic ring is 1. The second kappa shape index (κ2) is 7.39. The van der Waals surface area contributed by atoms with Crippen LogP contribution in [0.15, 0.2) is 59.1 Å². The molecule has 0 atom stereocenters. The zero-order chi connectivity index (χ0) is 19.6. The zero-order valence-electron chi connectivity index (χ0n) is 14.3. The summed E-state index contributed by atoms with van der Waals surface area (Å²) in [6.45, 7) is 0. The van der Waals surface area contributed by atoms with Crippen LogP contribution in [0, 0.1) is 11.3 Å². The number of anilines is 2. The molecular formula is C19H15BrN4O2S. The number of sulfonamides is 1. The van der Waals surface area contributed by atoms with Crippen molar-refractivity contribution >= 4 is 37.5 Å². The Balaban J connectivity index is 2.18. The molecule has 6 nitrogen and oxygen atoms in total. The molecule has 3 N–H and O–H groups in total. The highest BCUT2D eigenvalue weighted by Gasteiger charge is 2.15. The molecule has 0 aliphatic rings. The maximum Gasteiger partial charge on any atom is 0.229 e. The van der Waals surface area contributed by atoms with Crippen molar-refractivity contribution in [1.29, 1.82) is 5.26 Å². The van der Waals surface area contributed by atoms with Gasteiger partial charge in [0.1, 0.15) is 17.5 Å². The van der Waals surface area contributed by atoms with Crippen LogP contribution in [0.3, 0.4) is 0 Å². The van der Waals surface area contributed by atoms with Gasteiger partial charge in [0.25, 0.3) is 0 Å². The normalized spacial score (nSPS) is 11.0. The average Bonchev–Trinajstić information content (AvgIpc) is 2.60. The largest absolute Gasteiger partial charge is 0.383 e. The SMILES string of the molecule is CS(=O)(=O)Nc1cccc(-c2cc(-c3ccccc3Br)c(C#N)c(N)n2)c1. The minimum Gasteiger partial charge on any atom is -0.383 e. The predicted octanol–water partition coefficient (Wildman–Crippen LogP) is 4.00.